The third-order valence-electron chi connectivity index (χ3n) is 2.66. The molecule has 82 valence electrons. The largest absolute Gasteiger partial charge is 0.394 e. The van der Waals surface area contributed by atoms with Crippen molar-refractivity contribution in [3.8, 4) is 0 Å². The van der Waals surface area contributed by atoms with Crippen molar-refractivity contribution in [3.63, 3.8) is 0 Å². The lowest BCUT2D eigenvalue weighted by Gasteiger charge is -2.19. The first-order chi connectivity index (χ1) is 6.52. The van der Waals surface area contributed by atoms with E-state index in [9.17, 15) is 0 Å². The molecule has 0 saturated heterocycles. The molecule has 0 radical (unpaired) electrons. The Kier molecular flexibility index (Phi) is 6.30. The maximum Gasteiger partial charge on any atom is 0.00414 e. The number of hydrogen-bond acceptors (Lipinski definition) is 2. The molecule has 0 amide bonds. The summed E-state index contributed by atoms with van der Waals surface area (Å²) < 4.78 is 0. The summed E-state index contributed by atoms with van der Waals surface area (Å²) in [4.78, 5) is 0. The molecule has 0 aromatic rings. The summed E-state index contributed by atoms with van der Waals surface area (Å²) in [7, 11) is 3.91. The highest BCUT2D eigenvalue weighted by molar-refractivity contribution is 5.27. The fraction of sp³-hybridized carbons (Fsp3) is 0.667. The molecular weight excluding hydrogens is 172 g/mol. The molecule has 0 aliphatic rings. The Hall–Kier alpha value is -0.760. The second-order valence-corrected chi connectivity index (χ2v) is 3.97. The molecule has 2 heteroatoms. The average molecular weight is 196 g/mol. The van der Waals surface area contributed by atoms with Crippen LogP contribution >= 0.6 is 0 Å². The quantitative estimate of drug-likeness (QED) is 0.637. The maximum atomic E-state index is 4.12. The summed E-state index contributed by atoms with van der Waals surface area (Å²) >= 11 is 0. The van der Waals surface area contributed by atoms with Gasteiger partial charge in [0.25, 0.3) is 0 Å². The van der Waals surface area contributed by atoms with E-state index in [4.69, 9.17) is 0 Å². The minimum absolute atomic E-state index is 0.530. The van der Waals surface area contributed by atoms with Gasteiger partial charge < -0.3 is 10.6 Å². The summed E-state index contributed by atoms with van der Waals surface area (Å²) in [5.41, 5.74) is 2.46. The predicted molar refractivity (Wildman–Crippen MR) is 64.3 cm³/mol. The molecule has 14 heavy (non-hydrogen) atoms. The molecule has 0 spiro atoms. The van der Waals surface area contributed by atoms with Gasteiger partial charge in [0.1, 0.15) is 0 Å². The fourth-order valence-corrected chi connectivity index (χ4v) is 1.49. The first-order valence-electron chi connectivity index (χ1n) is 5.23. The van der Waals surface area contributed by atoms with Gasteiger partial charge in [-0.3, -0.25) is 0 Å². The highest BCUT2D eigenvalue weighted by Crippen LogP contribution is 2.21. The van der Waals surface area contributed by atoms with Gasteiger partial charge in [0.05, 0.1) is 0 Å². The van der Waals surface area contributed by atoms with Crippen molar-refractivity contribution in [1.29, 1.82) is 0 Å². The molecule has 2 nitrogen and oxygen atoms in total. The average Bonchev–Trinajstić information content (AvgIpc) is 2.16. The molecular formula is C12H24N2. The van der Waals surface area contributed by atoms with Gasteiger partial charge in [-0.25, -0.2) is 0 Å². The Morgan fingerprint density at radius 1 is 1.36 bits per heavy atom. The van der Waals surface area contributed by atoms with Crippen LogP contribution in [0.4, 0.5) is 0 Å². The molecule has 0 heterocycles. The highest BCUT2D eigenvalue weighted by atomic mass is 14.8. The Morgan fingerprint density at radius 3 is 2.36 bits per heavy atom. The first-order valence-corrected chi connectivity index (χ1v) is 5.23. The first kappa shape index (κ1) is 13.2. The lowest BCUT2D eigenvalue weighted by Crippen LogP contribution is -2.24. The topological polar surface area (TPSA) is 24.1 Å². The molecule has 0 rings (SSSR count). The van der Waals surface area contributed by atoms with Gasteiger partial charge >= 0.3 is 0 Å². The van der Waals surface area contributed by atoms with Crippen LogP contribution in [0.25, 0.3) is 0 Å². The van der Waals surface area contributed by atoms with E-state index < -0.39 is 0 Å². The van der Waals surface area contributed by atoms with E-state index in [2.05, 4.69) is 38.0 Å². The van der Waals surface area contributed by atoms with Crippen molar-refractivity contribution in [2.75, 3.05) is 14.1 Å². The van der Waals surface area contributed by atoms with Crippen molar-refractivity contribution in [3.05, 3.63) is 23.9 Å². The Morgan fingerprint density at radius 2 is 1.93 bits per heavy atom. The third-order valence-corrected chi connectivity index (χ3v) is 2.66. The Balaban J connectivity index is 4.18. The van der Waals surface area contributed by atoms with Crippen LogP contribution in [-0.4, -0.2) is 20.1 Å². The third kappa shape index (κ3) is 4.47. The van der Waals surface area contributed by atoms with E-state index in [0.717, 1.165) is 6.42 Å². The molecule has 0 unspecified atom stereocenters. The highest BCUT2D eigenvalue weighted by Gasteiger charge is 2.11. The SMILES string of the molecule is C=C(/C(C)=C\NC)[C@@H](C)C[C@H](C)NC. The van der Waals surface area contributed by atoms with Crippen molar-refractivity contribution in [2.45, 2.75) is 33.2 Å². The molecule has 2 N–H and O–H groups in total. The molecule has 0 aromatic carbocycles. The molecule has 2 atom stereocenters. The van der Waals surface area contributed by atoms with Crippen LogP contribution < -0.4 is 10.6 Å². The standard InChI is InChI=1S/C12H24N2/c1-9(7-11(3)14-6)12(4)10(2)8-13-5/h8-9,11,13-14H,4,7H2,1-3,5-6H3/b10-8-/t9-,11-/m0/s1. The smallest absolute Gasteiger partial charge is 0.00414 e. The van der Waals surface area contributed by atoms with Gasteiger partial charge in [-0.05, 0) is 50.6 Å². The van der Waals surface area contributed by atoms with Gasteiger partial charge in [-0.2, -0.15) is 0 Å². The van der Waals surface area contributed by atoms with E-state index >= 15 is 0 Å². The molecule has 0 fully saturated rings. The minimum Gasteiger partial charge on any atom is -0.394 e. The zero-order chi connectivity index (χ0) is 11.1. The summed E-state index contributed by atoms with van der Waals surface area (Å²) in [6.07, 6.45) is 3.13. The molecule has 0 aliphatic carbocycles. The second kappa shape index (κ2) is 6.66. The molecule has 0 aliphatic heterocycles. The van der Waals surface area contributed by atoms with Gasteiger partial charge in [0.15, 0.2) is 0 Å². The molecule has 0 bridgehead atoms. The van der Waals surface area contributed by atoms with Gasteiger partial charge in [0, 0.05) is 13.1 Å². The van der Waals surface area contributed by atoms with Crippen LogP contribution in [0.2, 0.25) is 0 Å². The fourth-order valence-electron chi connectivity index (χ4n) is 1.49. The van der Waals surface area contributed by atoms with Crippen molar-refractivity contribution < 1.29 is 0 Å². The van der Waals surface area contributed by atoms with Crippen LogP contribution in [0, 0.1) is 5.92 Å². The van der Waals surface area contributed by atoms with Gasteiger partial charge in [-0.1, -0.05) is 13.5 Å². The predicted octanol–water partition coefficient (Wildman–Crippen LogP) is 2.30. The number of hydrogen-bond donors (Lipinski definition) is 2. The van der Waals surface area contributed by atoms with Crippen LogP contribution in [0.5, 0.6) is 0 Å². The summed E-state index contributed by atoms with van der Waals surface area (Å²) in [6.45, 7) is 10.6. The van der Waals surface area contributed by atoms with E-state index in [0.29, 0.717) is 12.0 Å². The Labute approximate surface area is 88.5 Å². The monoisotopic (exact) mass is 196 g/mol. The lowest BCUT2D eigenvalue weighted by atomic mass is 9.91. The number of rotatable bonds is 6. The number of nitrogens with one attached hydrogen (secondary N) is 2. The zero-order valence-electron chi connectivity index (χ0n) is 10.1. The number of allylic oxidation sites excluding steroid dienone is 2. The lowest BCUT2D eigenvalue weighted by molar-refractivity contribution is 0.487. The second-order valence-electron chi connectivity index (χ2n) is 3.97. The van der Waals surface area contributed by atoms with Crippen LogP contribution in [0.1, 0.15) is 27.2 Å². The van der Waals surface area contributed by atoms with Crippen molar-refractivity contribution >= 4 is 0 Å². The van der Waals surface area contributed by atoms with E-state index in [1.54, 1.807) is 0 Å². The minimum atomic E-state index is 0.530. The van der Waals surface area contributed by atoms with Crippen LogP contribution in [-0.2, 0) is 0 Å². The molecule has 0 aromatic heterocycles. The Bertz CT molecular complexity index is 206. The van der Waals surface area contributed by atoms with Crippen LogP contribution in [0.15, 0.2) is 23.9 Å². The summed E-state index contributed by atoms with van der Waals surface area (Å²) in [5, 5.41) is 6.28. The molecule has 0 saturated carbocycles. The summed E-state index contributed by atoms with van der Waals surface area (Å²) in [5.74, 6) is 0.530. The maximum absolute atomic E-state index is 4.12. The van der Waals surface area contributed by atoms with Crippen molar-refractivity contribution in [1.82, 2.24) is 10.6 Å². The normalized spacial score (nSPS) is 16.2. The van der Waals surface area contributed by atoms with Gasteiger partial charge in [0.2, 0.25) is 0 Å². The van der Waals surface area contributed by atoms with Gasteiger partial charge in [-0.15, -0.1) is 0 Å². The summed E-state index contributed by atoms with van der Waals surface area (Å²) in [6, 6.07) is 0.545. The van der Waals surface area contributed by atoms with Crippen molar-refractivity contribution in [2.24, 2.45) is 5.92 Å². The van der Waals surface area contributed by atoms with E-state index in [-0.39, 0.29) is 0 Å². The van der Waals surface area contributed by atoms with Crippen LogP contribution in [0.3, 0.4) is 0 Å². The van der Waals surface area contributed by atoms with E-state index in [1.807, 2.05) is 20.3 Å². The zero-order valence-corrected chi connectivity index (χ0v) is 10.1. The van der Waals surface area contributed by atoms with E-state index in [1.165, 1.54) is 11.1 Å².